The highest BCUT2D eigenvalue weighted by Gasteiger charge is 2.40. The monoisotopic (exact) mass is 168 g/mol. The van der Waals surface area contributed by atoms with Gasteiger partial charge in [-0.3, -0.25) is 4.79 Å². The minimum Gasteiger partial charge on any atom is -0.369 e. The van der Waals surface area contributed by atoms with Gasteiger partial charge in [-0.05, 0) is 38.6 Å². The number of carbonyl (C=O) groups excluding carboxylic acids is 1. The van der Waals surface area contributed by atoms with Crippen molar-refractivity contribution < 1.29 is 4.79 Å². The van der Waals surface area contributed by atoms with Crippen molar-refractivity contribution in [2.24, 2.45) is 11.7 Å². The molecule has 1 aliphatic heterocycles. The molecule has 1 saturated carbocycles. The van der Waals surface area contributed by atoms with Gasteiger partial charge in [0, 0.05) is 11.5 Å². The van der Waals surface area contributed by atoms with E-state index < -0.39 is 0 Å². The molecule has 2 fully saturated rings. The minimum atomic E-state index is -0.107. The van der Waals surface area contributed by atoms with E-state index in [2.05, 4.69) is 5.32 Å². The molecule has 1 heterocycles. The third-order valence-corrected chi connectivity index (χ3v) is 3.45. The number of primary amides is 1. The highest BCUT2D eigenvalue weighted by Crippen LogP contribution is 2.37. The summed E-state index contributed by atoms with van der Waals surface area (Å²) < 4.78 is 0. The molecule has 1 saturated heterocycles. The van der Waals surface area contributed by atoms with Gasteiger partial charge in [0.25, 0.3) is 0 Å². The van der Waals surface area contributed by atoms with Gasteiger partial charge in [-0.25, -0.2) is 0 Å². The average Bonchev–Trinajstić information content (AvgIpc) is 2.02. The molecule has 12 heavy (non-hydrogen) atoms. The maximum atomic E-state index is 10.9. The second kappa shape index (κ2) is 2.73. The zero-order valence-electron chi connectivity index (χ0n) is 7.31. The van der Waals surface area contributed by atoms with Gasteiger partial charge in [0.15, 0.2) is 0 Å². The van der Waals surface area contributed by atoms with Gasteiger partial charge >= 0.3 is 0 Å². The lowest BCUT2D eigenvalue weighted by molar-refractivity contribution is -0.123. The second-order valence-electron chi connectivity index (χ2n) is 4.13. The lowest BCUT2D eigenvalue weighted by Crippen LogP contribution is -2.58. The molecular weight excluding hydrogens is 152 g/mol. The molecule has 3 N–H and O–H groups in total. The first-order chi connectivity index (χ1) is 5.72. The number of amides is 1. The summed E-state index contributed by atoms with van der Waals surface area (Å²) in [5.74, 6) is 0.0437. The Bertz CT molecular complexity index is 189. The SMILES string of the molecule is NC(=O)C1CCC2(CCN2)CC1. The molecule has 0 radical (unpaired) electrons. The summed E-state index contributed by atoms with van der Waals surface area (Å²) in [6.07, 6.45) is 5.55. The standard InChI is InChI=1S/C9H16N2O/c10-8(12)7-1-3-9(4-2-7)5-6-11-9/h7,11H,1-6H2,(H2,10,12). The maximum absolute atomic E-state index is 10.9. The molecule has 1 spiro atoms. The largest absolute Gasteiger partial charge is 0.369 e. The number of hydrogen-bond acceptors (Lipinski definition) is 2. The minimum absolute atomic E-state index is 0.107. The summed E-state index contributed by atoms with van der Waals surface area (Å²) in [6, 6.07) is 0. The van der Waals surface area contributed by atoms with Crippen LogP contribution in [0.2, 0.25) is 0 Å². The zero-order valence-corrected chi connectivity index (χ0v) is 7.31. The molecule has 0 unspecified atom stereocenters. The molecule has 1 aliphatic carbocycles. The van der Waals surface area contributed by atoms with Crippen molar-refractivity contribution in [2.75, 3.05) is 6.54 Å². The summed E-state index contributed by atoms with van der Waals surface area (Å²) in [6.45, 7) is 1.15. The van der Waals surface area contributed by atoms with Crippen LogP contribution < -0.4 is 11.1 Å². The number of carbonyl (C=O) groups is 1. The van der Waals surface area contributed by atoms with E-state index in [1.54, 1.807) is 0 Å². The van der Waals surface area contributed by atoms with Crippen LogP contribution in [0.1, 0.15) is 32.1 Å². The van der Waals surface area contributed by atoms with E-state index in [0.717, 1.165) is 32.2 Å². The van der Waals surface area contributed by atoms with E-state index in [1.165, 1.54) is 6.42 Å². The fraction of sp³-hybridized carbons (Fsp3) is 0.889. The molecule has 1 amide bonds. The average molecular weight is 168 g/mol. The quantitative estimate of drug-likeness (QED) is 0.595. The van der Waals surface area contributed by atoms with Crippen molar-refractivity contribution in [1.82, 2.24) is 5.32 Å². The molecule has 2 rings (SSSR count). The molecule has 0 atom stereocenters. The predicted octanol–water partition coefficient (Wildman–Crippen LogP) is 0.394. The van der Waals surface area contributed by atoms with Crippen LogP contribution in [-0.2, 0) is 4.79 Å². The van der Waals surface area contributed by atoms with Crippen molar-refractivity contribution >= 4 is 5.91 Å². The molecule has 0 aromatic rings. The molecule has 3 heteroatoms. The van der Waals surface area contributed by atoms with Crippen LogP contribution in [0.5, 0.6) is 0 Å². The van der Waals surface area contributed by atoms with Crippen LogP contribution in [0.4, 0.5) is 0 Å². The molecule has 0 aromatic heterocycles. The van der Waals surface area contributed by atoms with E-state index >= 15 is 0 Å². The van der Waals surface area contributed by atoms with Crippen LogP contribution in [0.25, 0.3) is 0 Å². The Morgan fingerprint density at radius 3 is 2.25 bits per heavy atom. The lowest BCUT2D eigenvalue weighted by atomic mass is 9.71. The third kappa shape index (κ3) is 1.22. The van der Waals surface area contributed by atoms with Crippen LogP contribution in [0.3, 0.4) is 0 Å². The molecule has 2 aliphatic rings. The summed E-state index contributed by atoms with van der Waals surface area (Å²) in [5.41, 5.74) is 5.66. The zero-order chi connectivity index (χ0) is 8.60. The highest BCUT2D eigenvalue weighted by atomic mass is 16.1. The van der Waals surface area contributed by atoms with Crippen LogP contribution >= 0.6 is 0 Å². The fourth-order valence-electron chi connectivity index (χ4n) is 2.36. The van der Waals surface area contributed by atoms with Crippen molar-refractivity contribution in [3.05, 3.63) is 0 Å². The summed E-state index contributed by atoms with van der Waals surface area (Å²) in [4.78, 5) is 10.9. The van der Waals surface area contributed by atoms with Gasteiger partial charge in [-0.15, -0.1) is 0 Å². The van der Waals surface area contributed by atoms with Crippen molar-refractivity contribution in [3.63, 3.8) is 0 Å². The van der Waals surface area contributed by atoms with Crippen molar-refractivity contribution in [3.8, 4) is 0 Å². The molecule has 0 bridgehead atoms. The smallest absolute Gasteiger partial charge is 0.220 e. The van der Waals surface area contributed by atoms with E-state index in [9.17, 15) is 4.79 Å². The van der Waals surface area contributed by atoms with Gasteiger partial charge in [-0.1, -0.05) is 0 Å². The van der Waals surface area contributed by atoms with Crippen molar-refractivity contribution in [1.29, 1.82) is 0 Å². The first-order valence-electron chi connectivity index (χ1n) is 4.76. The van der Waals surface area contributed by atoms with E-state index in [0.29, 0.717) is 5.54 Å². The number of nitrogens with one attached hydrogen (secondary N) is 1. The Hall–Kier alpha value is -0.570. The van der Waals surface area contributed by atoms with Crippen LogP contribution in [0.15, 0.2) is 0 Å². The first-order valence-corrected chi connectivity index (χ1v) is 4.76. The van der Waals surface area contributed by atoms with Gasteiger partial charge in [-0.2, -0.15) is 0 Å². The van der Waals surface area contributed by atoms with Crippen LogP contribution in [0, 0.1) is 5.92 Å². The Morgan fingerprint density at radius 2 is 1.92 bits per heavy atom. The van der Waals surface area contributed by atoms with E-state index in [-0.39, 0.29) is 11.8 Å². The van der Waals surface area contributed by atoms with Crippen molar-refractivity contribution in [2.45, 2.75) is 37.6 Å². The Balaban J connectivity index is 1.88. The predicted molar refractivity (Wildman–Crippen MR) is 46.5 cm³/mol. The Morgan fingerprint density at radius 1 is 1.33 bits per heavy atom. The normalized spacial score (nSPS) is 40.8. The van der Waals surface area contributed by atoms with Gasteiger partial charge < -0.3 is 11.1 Å². The first kappa shape index (κ1) is 8.05. The number of nitrogens with two attached hydrogens (primary N) is 1. The maximum Gasteiger partial charge on any atom is 0.220 e. The second-order valence-corrected chi connectivity index (χ2v) is 4.13. The van der Waals surface area contributed by atoms with Gasteiger partial charge in [0.05, 0.1) is 0 Å². The van der Waals surface area contributed by atoms with Crippen LogP contribution in [-0.4, -0.2) is 18.0 Å². The Labute approximate surface area is 72.7 Å². The summed E-state index contributed by atoms with van der Waals surface area (Å²) in [5, 5.41) is 3.47. The molecule has 3 nitrogen and oxygen atoms in total. The fourth-order valence-corrected chi connectivity index (χ4v) is 2.36. The summed E-state index contributed by atoms with van der Waals surface area (Å²) in [7, 11) is 0. The summed E-state index contributed by atoms with van der Waals surface area (Å²) >= 11 is 0. The third-order valence-electron chi connectivity index (χ3n) is 3.45. The van der Waals surface area contributed by atoms with Gasteiger partial charge in [0.1, 0.15) is 0 Å². The number of hydrogen-bond donors (Lipinski definition) is 2. The van der Waals surface area contributed by atoms with E-state index in [4.69, 9.17) is 5.73 Å². The molecular formula is C9H16N2O. The topological polar surface area (TPSA) is 55.1 Å². The molecule has 0 aromatic carbocycles. The number of rotatable bonds is 1. The molecule has 68 valence electrons. The highest BCUT2D eigenvalue weighted by molar-refractivity contribution is 5.76. The lowest BCUT2D eigenvalue weighted by Gasteiger charge is -2.47. The Kier molecular flexibility index (Phi) is 1.83. The van der Waals surface area contributed by atoms with E-state index in [1.807, 2.05) is 0 Å². The van der Waals surface area contributed by atoms with Gasteiger partial charge in [0.2, 0.25) is 5.91 Å².